The summed E-state index contributed by atoms with van der Waals surface area (Å²) in [6.45, 7) is 0. The zero-order valence-electron chi connectivity index (χ0n) is 14.6. The van der Waals surface area contributed by atoms with Crippen LogP contribution >= 0.6 is 0 Å². The lowest BCUT2D eigenvalue weighted by Gasteiger charge is -2.09. The van der Waals surface area contributed by atoms with Gasteiger partial charge in [-0.25, -0.2) is 0 Å². The molecule has 1 heterocycles. The lowest BCUT2D eigenvalue weighted by molar-refractivity contribution is 0.776. The summed E-state index contributed by atoms with van der Waals surface area (Å²) >= 11 is 0. The van der Waals surface area contributed by atoms with Gasteiger partial charge in [0.15, 0.2) is 0 Å². The van der Waals surface area contributed by atoms with E-state index in [0.717, 1.165) is 11.3 Å². The number of aryl methyl sites for hydroxylation is 1. The predicted octanol–water partition coefficient (Wildman–Crippen LogP) is 6.06. The van der Waals surface area contributed by atoms with Gasteiger partial charge in [-0.1, -0.05) is 72.8 Å². The van der Waals surface area contributed by atoms with Crippen LogP contribution < -0.4 is 0 Å². The number of rotatable bonds is 2. The fraction of sp³-hybridized carbons (Fsp3) is 0.0417. The van der Waals surface area contributed by atoms with Gasteiger partial charge in [0.25, 0.3) is 0 Å². The van der Waals surface area contributed by atoms with E-state index in [1.54, 1.807) is 0 Å². The molecule has 0 atom stereocenters. The zero-order chi connectivity index (χ0) is 17.5. The number of aromatic nitrogens is 2. The molecule has 2 heteroatoms. The standard InChI is InChI=1S/C24H18N2/c1-26-24(22-13-11-18-7-3-5-9-20(18)15-22)23(16-25-26)21-12-10-17-6-2-4-8-19(17)14-21/h2-16H,1H3. The molecule has 0 unspecified atom stereocenters. The quantitative estimate of drug-likeness (QED) is 0.383. The van der Waals surface area contributed by atoms with E-state index in [0.29, 0.717) is 0 Å². The van der Waals surface area contributed by atoms with E-state index in [2.05, 4.69) is 90.0 Å². The molecule has 0 aliphatic carbocycles. The maximum Gasteiger partial charge on any atom is 0.0757 e. The first kappa shape index (κ1) is 14.9. The van der Waals surface area contributed by atoms with Crippen LogP contribution in [-0.4, -0.2) is 9.78 Å². The summed E-state index contributed by atoms with van der Waals surface area (Å²) in [6, 6.07) is 30.2. The van der Waals surface area contributed by atoms with Crippen LogP contribution in [0.25, 0.3) is 43.9 Å². The molecule has 0 aliphatic rings. The van der Waals surface area contributed by atoms with Crippen molar-refractivity contribution >= 4 is 21.5 Å². The van der Waals surface area contributed by atoms with Crippen molar-refractivity contribution in [1.29, 1.82) is 0 Å². The molecule has 0 amide bonds. The highest BCUT2D eigenvalue weighted by Crippen LogP contribution is 2.34. The Hall–Kier alpha value is -3.39. The van der Waals surface area contributed by atoms with Gasteiger partial charge in [-0.2, -0.15) is 5.10 Å². The second-order valence-electron chi connectivity index (χ2n) is 6.65. The molecule has 0 saturated heterocycles. The van der Waals surface area contributed by atoms with Gasteiger partial charge in [-0.05, 0) is 39.2 Å². The number of fused-ring (bicyclic) bond motifs is 2. The van der Waals surface area contributed by atoms with E-state index in [9.17, 15) is 0 Å². The molecule has 124 valence electrons. The van der Waals surface area contributed by atoms with Crippen LogP contribution in [0.5, 0.6) is 0 Å². The fourth-order valence-corrected chi connectivity index (χ4v) is 3.68. The summed E-state index contributed by atoms with van der Waals surface area (Å²) in [5.74, 6) is 0. The molecule has 5 rings (SSSR count). The van der Waals surface area contributed by atoms with E-state index < -0.39 is 0 Å². The molecule has 0 spiro atoms. The van der Waals surface area contributed by atoms with E-state index >= 15 is 0 Å². The molecule has 2 nitrogen and oxygen atoms in total. The normalized spacial score (nSPS) is 11.3. The van der Waals surface area contributed by atoms with Crippen LogP contribution in [0.1, 0.15) is 0 Å². The molecule has 0 radical (unpaired) electrons. The molecule has 0 aliphatic heterocycles. The van der Waals surface area contributed by atoms with Crippen molar-refractivity contribution in [3.8, 4) is 22.4 Å². The summed E-state index contributed by atoms with van der Waals surface area (Å²) < 4.78 is 1.97. The van der Waals surface area contributed by atoms with Crippen molar-refractivity contribution in [2.24, 2.45) is 7.05 Å². The average Bonchev–Trinajstić information content (AvgIpc) is 3.08. The smallest absolute Gasteiger partial charge is 0.0757 e. The van der Waals surface area contributed by atoms with E-state index in [1.165, 1.54) is 32.7 Å². The lowest BCUT2D eigenvalue weighted by Crippen LogP contribution is -1.94. The Balaban J connectivity index is 1.71. The number of hydrogen-bond acceptors (Lipinski definition) is 1. The SMILES string of the molecule is Cn1ncc(-c2ccc3ccccc3c2)c1-c1ccc2ccccc2c1. The molecule has 0 N–H and O–H groups in total. The second-order valence-corrected chi connectivity index (χ2v) is 6.65. The minimum absolute atomic E-state index is 1.14. The van der Waals surface area contributed by atoms with E-state index in [-0.39, 0.29) is 0 Å². The lowest BCUT2D eigenvalue weighted by atomic mass is 9.97. The van der Waals surface area contributed by atoms with Crippen molar-refractivity contribution in [1.82, 2.24) is 9.78 Å². The van der Waals surface area contributed by atoms with Crippen LogP contribution in [0.3, 0.4) is 0 Å². The van der Waals surface area contributed by atoms with E-state index in [4.69, 9.17) is 0 Å². The van der Waals surface area contributed by atoms with Crippen molar-refractivity contribution in [3.05, 3.63) is 91.1 Å². The molecule has 5 aromatic rings. The monoisotopic (exact) mass is 334 g/mol. The molecule has 0 saturated carbocycles. The molecule has 4 aromatic carbocycles. The third kappa shape index (κ3) is 2.39. The first-order valence-electron chi connectivity index (χ1n) is 8.80. The van der Waals surface area contributed by atoms with Gasteiger partial charge in [-0.3, -0.25) is 4.68 Å². The third-order valence-electron chi connectivity index (χ3n) is 5.02. The highest BCUT2D eigenvalue weighted by Gasteiger charge is 2.13. The van der Waals surface area contributed by atoms with Crippen molar-refractivity contribution in [2.75, 3.05) is 0 Å². The van der Waals surface area contributed by atoms with E-state index in [1.807, 2.05) is 17.9 Å². The molecule has 26 heavy (non-hydrogen) atoms. The summed E-state index contributed by atoms with van der Waals surface area (Å²) in [5.41, 5.74) is 4.69. The minimum Gasteiger partial charge on any atom is -0.267 e. The van der Waals surface area contributed by atoms with Gasteiger partial charge in [0.1, 0.15) is 0 Å². The highest BCUT2D eigenvalue weighted by atomic mass is 15.3. The molecule has 1 aromatic heterocycles. The Bertz CT molecular complexity index is 1250. The minimum atomic E-state index is 1.14. The van der Waals surface area contributed by atoms with Crippen LogP contribution in [0.2, 0.25) is 0 Å². The number of nitrogens with zero attached hydrogens (tertiary/aromatic N) is 2. The number of benzene rings is 4. The Morgan fingerprint density at radius 3 is 1.81 bits per heavy atom. The topological polar surface area (TPSA) is 17.8 Å². The summed E-state index contributed by atoms with van der Waals surface area (Å²) in [7, 11) is 2.01. The Labute approximate surface area is 152 Å². The molecular weight excluding hydrogens is 316 g/mol. The average molecular weight is 334 g/mol. The fourth-order valence-electron chi connectivity index (χ4n) is 3.68. The third-order valence-corrected chi connectivity index (χ3v) is 5.02. The maximum absolute atomic E-state index is 4.55. The number of hydrogen-bond donors (Lipinski definition) is 0. The molecular formula is C24H18N2. The van der Waals surface area contributed by atoms with Gasteiger partial charge >= 0.3 is 0 Å². The summed E-state index contributed by atoms with van der Waals surface area (Å²) in [4.78, 5) is 0. The Morgan fingerprint density at radius 1 is 0.615 bits per heavy atom. The van der Waals surface area contributed by atoms with Gasteiger partial charge in [0.05, 0.1) is 11.9 Å². The Kier molecular flexibility index (Phi) is 3.36. The Morgan fingerprint density at radius 2 is 1.15 bits per heavy atom. The van der Waals surface area contributed by atoms with Gasteiger partial charge in [0, 0.05) is 18.2 Å². The van der Waals surface area contributed by atoms with Crippen molar-refractivity contribution < 1.29 is 0 Å². The largest absolute Gasteiger partial charge is 0.267 e. The van der Waals surface area contributed by atoms with Gasteiger partial charge in [0.2, 0.25) is 0 Å². The van der Waals surface area contributed by atoms with Crippen LogP contribution in [0, 0.1) is 0 Å². The van der Waals surface area contributed by atoms with Gasteiger partial charge < -0.3 is 0 Å². The second kappa shape index (κ2) is 5.85. The molecule has 0 fully saturated rings. The van der Waals surface area contributed by atoms with Crippen molar-refractivity contribution in [3.63, 3.8) is 0 Å². The van der Waals surface area contributed by atoms with Crippen LogP contribution in [-0.2, 0) is 7.05 Å². The predicted molar refractivity (Wildman–Crippen MR) is 109 cm³/mol. The van der Waals surface area contributed by atoms with Crippen molar-refractivity contribution in [2.45, 2.75) is 0 Å². The first-order chi connectivity index (χ1) is 12.8. The van der Waals surface area contributed by atoms with Crippen LogP contribution in [0.15, 0.2) is 91.1 Å². The highest BCUT2D eigenvalue weighted by molar-refractivity contribution is 5.93. The molecule has 0 bridgehead atoms. The van der Waals surface area contributed by atoms with Crippen LogP contribution in [0.4, 0.5) is 0 Å². The van der Waals surface area contributed by atoms with Gasteiger partial charge in [-0.15, -0.1) is 0 Å². The summed E-state index contributed by atoms with van der Waals surface area (Å²) in [5, 5.41) is 9.55. The zero-order valence-corrected chi connectivity index (χ0v) is 14.6. The summed E-state index contributed by atoms with van der Waals surface area (Å²) in [6.07, 6.45) is 1.97. The maximum atomic E-state index is 4.55. The first-order valence-corrected chi connectivity index (χ1v) is 8.80.